The van der Waals surface area contributed by atoms with Crippen LogP contribution in [0.5, 0.6) is 5.75 Å². The third-order valence-corrected chi connectivity index (χ3v) is 4.01. The number of aromatic nitrogens is 2. The van der Waals surface area contributed by atoms with Gasteiger partial charge in [-0.1, -0.05) is 46.3 Å². The first-order valence-electron chi connectivity index (χ1n) is 6.44. The summed E-state index contributed by atoms with van der Waals surface area (Å²) in [6.45, 7) is 0. The van der Waals surface area contributed by atoms with Crippen molar-refractivity contribution in [2.75, 3.05) is 12.8 Å². The van der Waals surface area contributed by atoms with E-state index in [-0.39, 0.29) is 0 Å². The van der Waals surface area contributed by atoms with Crippen LogP contribution in [0.25, 0.3) is 22.4 Å². The highest BCUT2D eigenvalue weighted by Crippen LogP contribution is 2.41. The summed E-state index contributed by atoms with van der Waals surface area (Å²) < 4.78 is 6.40. The van der Waals surface area contributed by atoms with Gasteiger partial charge in [-0.2, -0.15) is 5.10 Å². The van der Waals surface area contributed by atoms with Crippen molar-refractivity contribution in [2.45, 2.75) is 0 Å². The number of nitrogen functional groups attached to an aromatic ring is 1. The van der Waals surface area contributed by atoms with Crippen molar-refractivity contribution in [3.8, 4) is 28.1 Å². The van der Waals surface area contributed by atoms with Crippen molar-refractivity contribution >= 4 is 21.7 Å². The van der Waals surface area contributed by atoms with Gasteiger partial charge in [0.25, 0.3) is 0 Å². The van der Waals surface area contributed by atoms with Crippen LogP contribution in [0.4, 0.5) is 5.82 Å². The molecule has 3 aromatic rings. The summed E-state index contributed by atoms with van der Waals surface area (Å²) in [5.41, 5.74) is 9.70. The van der Waals surface area contributed by atoms with E-state index in [0.29, 0.717) is 5.82 Å². The van der Waals surface area contributed by atoms with E-state index in [9.17, 15) is 0 Å². The number of benzene rings is 2. The molecule has 1 aromatic heterocycles. The van der Waals surface area contributed by atoms with Gasteiger partial charge in [-0.05, 0) is 18.2 Å². The quantitative estimate of drug-likeness (QED) is 0.752. The standard InChI is InChI=1S/C16H14BrN3O/c1-21-13-9-5-3-7-11(13)15-14(16(18)20-19-15)10-6-2-4-8-12(10)17/h2-9H,1H3,(H3,18,19,20). The summed E-state index contributed by atoms with van der Waals surface area (Å²) in [6, 6.07) is 15.7. The van der Waals surface area contributed by atoms with E-state index in [4.69, 9.17) is 10.5 Å². The van der Waals surface area contributed by atoms with Crippen LogP contribution < -0.4 is 10.5 Å². The molecule has 0 aliphatic heterocycles. The first-order chi connectivity index (χ1) is 10.2. The number of H-pyrrole nitrogens is 1. The molecule has 0 aliphatic carbocycles. The highest BCUT2D eigenvalue weighted by Gasteiger charge is 2.18. The topological polar surface area (TPSA) is 63.9 Å². The van der Waals surface area contributed by atoms with Crippen LogP contribution in [0.15, 0.2) is 53.0 Å². The smallest absolute Gasteiger partial charge is 0.153 e. The molecule has 4 nitrogen and oxygen atoms in total. The fourth-order valence-corrected chi connectivity index (χ4v) is 2.82. The van der Waals surface area contributed by atoms with E-state index in [2.05, 4.69) is 26.1 Å². The number of aromatic amines is 1. The van der Waals surface area contributed by atoms with Crippen LogP contribution in [0.1, 0.15) is 0 Å². The Morgan fingerprint density at radius 3 is 2.43 bits per heavy atom. The van der Waals surface area contributed by atoms with Crippen molar-refractivity contribution in [2.24, 2.45) is 0 Å². The zero-order valence-electron chi connectivity index (χ0n) is 11.4. The van der Waals surface area contributed by atoms with Gasteiger partial charge in [-0.3, -0.25) is 5.10 Å². The fourth-order valence-electron chi connectivity index (χ4n) is 2.34. The molecule has 5 heteroatoms. The maximum atomic E-state index is 6.07. The lowest BCUT2D eigenvalue weighted by Gasteiger charge is -2.10. The van der Waals surface area contributed by atoms with Gasteiger partial charge in [0, 0.05) is 15.6 Å². The van der Waals surface area contributed by atoms with Gasteiger partial charge in [0.05, 0.1) is 18.4 Å². The van der Waals surface area contributed by atoms with Crippen molar-refractivity contribution in [3.05, 3.63) is 53.0 Å². The van der Waals surface area contributed by atoms with E-state index in [1.165, 1.54) is 0 Å². The first kappa shape index (κ1) is 13.7. The van der Waals surface area contributed by atoms with Crippen LogP contribution in [-0.2, 0) is 0 Å². The van der Waals surface area contributed by atoms with E-state index in [0.717, 1.165) is 32.6 Å². The molecule has 0 aliphatic rings. The van der Waals surface area contributed by atoms with Crippen LogP contribution in [0.3, 0.4) is 0 Å². The number of methoxy groups -OCH3 is 1. The molecule has 21 heavy (non-hydrogen) atoms. The SMILES string of the molecule is COc1ccccc1-c1[nH]nc(N)c1-c1ccccc1Br. The summed E-state index contributed by atoms with van der Waals surface area (Å²) >= 11 is 3.57. The van der Waals surface area contributed by atoms with Gasteiger partial charge in [0.1, 0.15) is 5.75 Å². The van der Waals surface area contributed by atoms with Gasteiger partial charge in [-0.15, -0.1) is 0 Å². The van der Waals surface area contributed by atoms with Gasteiger partial charge < -0.3 is 10.5 Å². The Balaban J connectivity index is 2.25. The molecule has 106 valence electrons. The number of hydrogen-bond donors (Lipinski definition) is 2. The number of anilines is 1. The molecular weight excluding hydrogens is 330 g/mol. The highest BCUT2D eigenvalue weighted by molar-refractivity contribution is 9.10. The molecule has 3 rings (SSSR count). The van der Waals surface area contributed by atoms with Crippen LogP contribution in [0, 0.1) is 0 Å². The van der Waals surface area contributed by atoms with Crippen molar-refractivity contribution in [1.29, 1.82) is 0 Å². The minimum Gasteiger partial charge on any atom is -0.496 e. The molecule has 3 N–H and O–H groups in total. The lowest BCUT2D eigenvalue weighted by molar-refractivity contribution is 0.416. The number of ether oxygens (including phenoxy) is 1. The fraction of sp³-hybridized carbons (Fsp3) is 0.0625. The molecule has 2 aromatic carbocycles. The summed E-state index contributed by atoms with van der Waals surface area (Å²) in [5.74, 6) is 1.23. The van der Waals surface area contributed by atoms with Gasteiger partial charge in [0.2, 0.25) is 0 Å². The van der Waals surface area contributed by atoms with Crippen molar-refractivity contribution < 1.29 is 4.74 Å². The Hall–Kier alpha value is -2.27. The average molecular weight is 344 g/mol. The lowest BCUT2D eigenvalue weighted by atomic mass is 10.0. The normalized spacial score (nSPS) is 10.6. The predicted octanol–water partition coefficient (Wildman–Crippen LogP) is 4.10. The Morgan fingerprint density at radius 1 is 1.05 bits per heavy atom. The number of nitrogens with zero attached hydrogens (tertiary/aromatic N) is 1. The molecule has 0 atom stereocenters. The molecule has 0 spiro atoms. The Morgan fingerprint density at radius 2 is 1.71 bits per heavy atom. The minimum absolute atomic E-state index is 0.461. The number of nitrogens with one attached hydrogen (secondary N) is 1. The van der Waals surface area contributed by atoms with Gasteiger partial charge in [0.15, 0.2) is 5.82 Å². The minimum atomic E-state index is 0.461. The molecule has 0 amide bonds. The molecule has 0 saturated carbocycles. The van der Waals surface area contributed by atoms with Crippen molar-refractivity contribution in [1.82, 2.24) is 10.2 Å². The molecule has 1 heterocycles. The second-order valence-electron chi connectivity index (χ2n) is 4.54. The van der Waals surface area contributed by atoms with Gasteiger partial charge in [-0.25, -0.2) is 0 Å². The van der Waals surface area contributed by atoms with Crippen LogP contribution in [0.2, 0.25) is 0 Å². The summed E-state index contributed by atoms with van der Waals surface area (Å²) in [7, 11) is 1.65. The number of halogens is 1. The van der Waals surface area contributed by atoms with E-state index >= 15 is 0 Å². The number of rotatable bonds is 3. The maximum Gasteiger partial charge on any atom is 0.153 e. The highest BCUT2D eigenvalue weighted by atomic mass is 79.9. The monoisotopic (exact) mass is 343 g/mol. The third-order valence-electron chi connectivity index (χ3n) is 3.31. The Bertz CT molecular complexity index is 783. The molecular formula is C16H14BrN3O. The Kier molecular flexibility index (Phi) is 3.66. The molecule has 0 unspecified atom stereocenters. The van der Waals surface area contributed by atoms with Crippen LogP contribution in [-0.4, -0.2) is 17.3 Å². The Labute approximate surface area is 131 Å². The zero-order valence-corrected chi connectivity index (χ0v) is 13.0. The summed E-state index contributed by atoms with van der Waals surface area (Å²) in [6.07, 6.45) is 0. The first-order valence-corrected chi connectivity index (χ1v) is 7.23. The second-order valence-corrected chi connectivity index (χ2v) is 5.39. The van der Waals surface area contributed by atoms with Crippen molar-refractivity contribution in [3.63, 3.8) is 0 Å². The van der Waals surface area contributed by atoms with E-state index in [1.807, 2.05) is 48.5 Å². The van der Waals surface area contributed by atoms with Crippen LogP contribution >= 0.6 is 15.9 Å². The second kappa shape index (κ2) is 5.61. The lowest BCUT2D eigenvalue weighted by Crippen LogP contribution is -1.91. The summed E-state index contributed by atoms with van der Waals surface area (Å²) in [4.78, 5) is 0. The maximum absolute atomic E-state index is 6.07. The number of hydrogen-bond acceptors (Lipinski definition) is 3. The molecule has 0 saturated heterocycles. The number of para-hydroxylation sites is 1. The summed E-state index contributed by atoms with van der Waals surface area (Å²) in [5, 5.41) is 7.18. The largest absolute Gasteiger partial charge is 0.496 e. The molecule has 0 radical (unpaired) electrons. The van der Waals surface area contributed by atoms with E-state index < -0.39 is 0 Å². The molecule has 0 bridgehead atoms. The zero-order chi connectivity index (χ0) is 14.8. The average Bonchev–Trinajstić information content (AvgIpc) is 2.89. The van der Waals surface area contributed by atoms with Gasteiger partial charge >= 0.3 is 0 Å². The number of nitrogens with two attached hydrogens (primary N) is 1. The predicted molar refractivity (Wildman–Crippen MR) is 88.1 cm³/mol. The molecule has 0 fully saturated rings. The third kappa shape index (κ3) is 2.40. The van der Waals surface area contributed by atoms with E-state index in [1.54, 1.807) is 7.11 Å².